The Morgan fingerprint density at radius 1 is 1.32 bits per heavy atom. The fourth-order valence-electron chi connectivity index (χ4n) is 3.07. The molecular weight excluding hydrogens is 416 g/mol. The van der Waals surface area contributed by atoms with Crippen LogP contribution in [0.5, 0.6) is 0 Å². The van der Waals surface area contributed by atoms with Crippen molar-refractivity contribution >= 4 is 44.8 Å². The van der Waals surface area contributed by atoms with Crippen molar-refractivity contribution in [3.05, 3.63) is 40.5 Å². The van der Waals surface area contributed by atoms with E-state index in [1.165, 1.54) is 6.20 Å². The standard InChI is InChI=1S/C20H18N8O2S/c1-9(2)28-8-13(30-27-28)25-19(29)17-16(22)15-14(12-6-4-5-10(3)24-12)11(7-21)18(23)26-20(15)31-17/h4-6,8-9H,1-3H3,(H4-,22,23,25,26,27,29). The summed E-state index contributed by atoms with van der Waals surface area (Å²) in [5.41, 5.74) is 14.4. The van der Waals surface area contributed by atoms with E-state index >= 15 is 0 Å². The minimum Gasteiger partial charge on any atom is -0.857 e. The van der Waals surface area contributed by atoms with Crippen LogP contribution in [0.25, 0.3) is 21.5 Å². The normalized spacial score (nSPS) is 11.9. The van der Waals surface area contributed by atoms with Gasteiger partial charge in [-0.15, -0.1) is 11.3 Å². The Morgan fingerprint density at radius 2 is 2.10 bits per heavy atom. The zero-order valence-corrected chi connectivity index (χ0v) is 17.8. The molecule has 0 radical (unpaired) electrons. The van der Waals surface area contributed by atoms with Crippen LogP contribution in [0.15, 0.2) is 33.9 Å². The molecule has 0 aliphatic carbocycles. The van der Waals surface area contributed by atoms with Crippen LogP contribution in [-0.4, -0.2) is 21.1 Å². The Balaban J connectivity index is 1.94. The lowest BCUT2D eigenvalue weighted by Gasteiger charge is -2.10. The van der Waals surface area contributed by atoms with Gasteiger partial charge in [-0.25, -0.2) is 9.98 Å². The molecule has 0 atom stereocenters. The summed E-state index contributed by atoms with van der Waals surface area (Å²) in [6.07, 6.45) is 1.53. The highest BCUT2D eigenvalue weighted by Crippen LogP contribution is 2.42. The Bertz CT molecular complexity index is 1380. The van der Waals surface area contributed by atoms with E-state index in [1.807, 2.05) is 32.9 Å². The Morgan fingerprint density at radius 3 is 2.74 bits per heavy atom. The molecule has 4 rings (SSSR count). The molecule has 0 amide bonds. The number of aryl methyl sites for hydroxylation is 1. The number of hydrogen-bond donors (Lipinski definition) is 2. The van der Waals surface area contributed by atoms with E-state index in [1.54, 1.807) is 10.7 Å². The summed E-state index contributed by atoms with van der Waals surface area (Å²) in [6, 6.07) is 7.54. The third-order valence-electron chi connectivity index (χ3n) is 4.57. The average Bonchev–Trinajstić information content (AvgIpc) is 3.31. The first kappa shape index (κ1) is 20.2. The monoisotopic (exact) mass is 434 g/mol. The second-order valence-electron chi connectivity index (χ2n) is 7.08. The van der Waals surface area contributed by atoms with Crippen molar-refractivity contribution in [1.82, 2.24) is 15.2 Å². The van der Waals surface area contributed by atoms with Gasteiger partial charge in [0.15, 0.2) is 6.04 Å². The zero-order valence-electron chi connectivity index (χ0n) is 16.9. The molecule has 0 fully saturated rings. The number of nitrogens with two attached hydrogens (primary N) is 2. The molecule has 156 valence electrons. The van der Waals surface area contributed by atoms with E-state index in [0.29, 0.717) is 21.5 Å². The van der Waals surface area contributed by atoms with Crippen molar-refractivity contribution < 1.29 is 14.3 Å². The van der Waals surface area contributed by atoms with Gasteiger partial charge in [-0.1, -0.05) is 6.07 Å². The van der Waals surface area contributed by atoms with Gasteiger partial charge < -0.3 is 16.6 Å². The highest BCUT2D eigenvalue weighted by Gasteiger charge is 2.23. The zero-order chi connectivity index (χ0) is 22.3. The number of rotatable bonds is 4. The molecule has 0 unspecified atom stereocenters. The van der Waals surface area contributed by atoms with Crippen molar-refractivity contribution in [2.24, 2.45) is 4.99 Å². The highest BCUT2D eigenvalue weighted by molar-refractivity contribution is 7.21. The predicted molar refractivity (Wildman–Crippen MR) is 114 cm³/mol. The maximum atomic E-state index is 12.9. The molecule has 4 heterocycles. The van der Waals surface area contributed by atoms with Crippen molar-refractivity contribution in [3.63, 3.8) is 0 Å². The number of aromatic nitrogens is 4. The average molecular weight is 434 g/mol. The lowest BCUT2D eigenvalue weighted by atomic mass is 10.0. The first-order chi connectivity index (χ1) is 14.8. The SMILES string of the molecule is Cc1cccc(-c2c(C#N)c(N)nc3sc(/C([O-])=N/c4c[n+](C(C)C)no4)c(N)c23)n1. The summed E-state index contributed by atoms with van der Waals surface area (Å²) >= 11 is 1.05. The molecule has 0 bridgehead atoms. The fraction of sp³-hybridized carbons (Fsp3) is 0.200. The van der Waals surface area contributed by atoms with Gasteiger partial charge in [0.1, 0.15) is 22.3 Å². The van der Waals surface area contributed by atoms with Crippen LogP contribution in [0.1, 0.15) is 36.0 Å². The molecular formula is C20H18N8O2S. The lowest BCUT2D eigenvalue weighted by Crippen LogP contribution is -2.36. The van der Waals surface area contributed by atoms with E-state index in [2.05, 4.69) is 26.3 Å². The quantitative estimate of drug-likeness (QED) is 0.279. The number of anilines is 2. The van der Waals surface area contributed by atoms with Crippen LogP contribution < -0.4 is 21.3 Å². The maximum absolute atomic E-state index is 12.9. The molecule has 0 saturated heterocycles. The highest BCUT2D eigenvalue weighted by atomic mass is 32.1. The molecule has 0 spiro atoms. The number of nitrogen functional groups attached to an aromatic ring is 2. The summed E-state index contributed by atoms with van der Waals surface area (Å²) < 4.78 is 6.64. The van der Waals surface area contributed by atoms with Gasteiger partial charge >= 0.3 is 5.88 Å². The molecule has 0 aliphatic rings. The van der Waals surface area contributed by atoms with Gasteiger partial charge in [0.05, 0.1) is 16.3 Å². The molecule has 4 N–H and O–H groups in total. The van der Waals surface area contributed by atoms with Gasteiger partial charge in [-0.05, 0) is 37.6 Å². The third kappa shape index (κ3) is 3.53. The van der Waals surface area contributed by atoms with Crippen LogP contribution in [0.3, 0.4) is 0 Å². The van der Waals surface area contributed by atoms with Gasteiger partial charge in [-0.3, -0.25) is 9.51 Å². The molecule has 0 aromatic carbocycles. The molecule has 4 aromatic rings. The molecule has 10 nitrogen and oxygen atoms in total. The van der Waals surface area contributed by atoms with Gasteiger partial charge in [0, 0.05) is 22.5 Å². The first-order valence-corrected chi connectivity index (χ1v) is 10.1. The lowest BCUT2D eigenvalue weighted by molar-refractivity contribution is -0.779. The van der Waals surface area contributed by atoms with Crippen LogP contribution >= 0.6 is 11.3 Å². The van der Waals surface area contributed by atoms with Crippen molar-refractivity contribution in [2.75, 3.05) is 11.5 Å². The van der Waals surface area contributed by atoms with Gasteiger partial charge in [0.2, 0.25) is 5.27 Å². The summed E-state index contributed by atoms with van der Waals surface area (Å²) in [6.45, 7) is 5.67. The summed E-state index contributed by atoms with van der Waals surface area (Å²) in [7, 11) is 0. The van der Waals surface area contributed by atoms with Crippen molar-refractivity contribution in [1.29, 1.82) is 5.26 Å². The molecule has 0 saturated carbocycles. The Hall–Kier alpha value is -4.04. The second kappa shape index (κ2) is 7.66. The van der Waals surface area contributed by atoms with E-state index in [4.69, 9.17) is 16.0 Å². The number of pyridine rings is 2. The van der Waals surface area contributed by atoms with Crippen molar-refractivity contribution in [2.45, 2.75) is 26.8 Å². The van der Waals surface area contributed by atoms with Gasteiger partial charge in [0.25, 0.3) is 6.20 Å². The molecule has 31 heavy (non-hydrogen) atoms. The Kier molecular flexibility index (Phi) is 5.00. The van der Waals surface area contributed by atoms with Crippen LogP contribution in [0.4, 0.5) is 17.4 Å². The van der Waals surface area contributed by atoms with E-state index in [9.17, 15) is 10.4 Å². The first-order valence-electron chi connectivity index (χ1n) is 9.30. The summed E-state index contributed by atoms with van der Waals surface area (Å²) in [5.74, 6) is -0.507. The number of fused-ring (bicyclic) bond motifs is 1. The van der Waals surface area contributed by atoms with Crippen molar-refractivity contribution in [3.8, 4) is 17.3 Å². The molecule has 11 heteroatoms. The van der Waals surface area contributed by atoms with E-state index in [-0.39, 0.29) is 33.9 Å². The topological polar surface area (TPSA) is 167 Å². The number of hydrogen-bond acceptors (Lipinski definition) is 10. The van der Waals surface area contributed by atoms with Gasteiger partial charge in [-0.2, -0.15) is 5.26 Å². The minimum absolute atomic E-state index is 0.0405. The largest absolute Gasteiger partial charge is 0.857 e. The number of nitriles is 1. The summed E-state index contributed by atoms with van der Waals surface area (Å²) in [5, 5.41) is 26.8. The van der Waals surface area contributed by atoms with Crippen LogP contribution in [-0.2, 0) is 0 Å². The second-order valence-corrected chi connectivity index (χ2v) is 8.08. The number of nitrogens with zero attached hydrogens (tertiary/aromatic N) is 6. The molecule has 4 aromatic heterocycles. The third-order valence-corrected chi connectivity index (χ3v) is 5.65. The number of aliphatic imine (C=N–C) groups is 1. The van der Waals surface area contributed by atoms with Crippen LogP contribution in [0, 0.1) is 18.3 Å². The minimum atomic E-state index is -0.604. The molecule has 0 aliphatic heterocycles. The fourth-order valence-corrected chi connectivity index (χ4v) is 4.07. The maximum Gasteiger partial charge on any atom is 0.320 e. The summed E-state index contributed by atoms with van der Waals surface area (Å²) in [4.78, 5) is 13.3. The number of thiophene rings is 1. The van der Waals surface area contributed by atoms with E-state index < -0.39 is 5.90 Å². The smallest absolute Gasteiger partial charge is 0.320 e. The van der Waals surface area contributed by atoms with E-state index in [0.717, 1.165) is 17.0 Å². The van der Waals surface area contributed by atoms with Crippen LogP contribution in [0.2, 0.25) is 0 Å². The Labute approximate surface area is 181 Å². The predicted octanol–water partition coefficient (Wildman–Crippen LogP) is 2.00.